The Morgan fingerprint density at radius 1 is 1.35 bits per heavy atom. The predicted molar refractivity (Wildman–Crippen MR) is 60.2 cm³/mol. The molecule has 1 N–H and O–H groups in total. The molecular formula is C11H18N2O4. The van der Waals surface area contributed by atoms with Gasteiger partial charge in [-0.1, -0.05) is 6.92 Å². The molecule has 2 unspecified atom stereocenters. The van der Waals surface area contributed by atoms with Crippen molar-refractivity contribution >= 4 is 17.8 Å². The predicted octanol–water partition coefficient (Wildman–Crippen LogP) is -0.356. The largest absolute Gasteiger partial charge is 0.481 e. The van der Waals surface area contributed by atoms with Gasteiger partial charge < -0.3 is 14.9 Å². The summed E-state index contributed by atoms with van der Waals surface area (Å²) in [6.45, 7) is 3.90. The zero-order valence-electron chi connectivity index (χ0n) is 10.3. The fourth-order valence-corrected chi connectivity index (χ4v) is 1.91. The van der Waals surface area contributed by atoms with Crippen LogP contribution >= 0.6 is 0 Å². The van der Waals surface area contributed by atoms with Crippen LogP contribution in [0.5, 0.6) is 0 Å². The van der Waals surface area contributed by atoms with Crippen LogP contribution in [0.15, 0.2) is 0 Å². The van der Waals surface area contributed by atoms with Gasteiger partial charge in [0.1, 0.15) is 0 Å². The van der Waals surface area contributed by atoms with Crippen molar-refractivity contribution in [3.05, 3.63) is 0 Å². The Labute approximate surface area is 100 Å². The van der Waals surface area contributed by atoms with E-state index >= 15 is 0 Å². The molecule has 2 atom stereocenters. The standard InChI is InChI=1S/C11H18N2O4/c1-7-4-13(5-9(7)11(16)17)10(15)6-12(3)8(2)14/h7,9H,4-6H2,1-3H3,(H,16,17). The molecule has 0 spiro atoms. The van der Waals surface area contributed by atoms with E-state index in [2.05, 4.69) is 0 Å². The number of likely N-dealkylation sites (N-methyl/N-ethyl adjacent to an activating group) is 1. The first-order valence-corrected chi connectivity index (χ1v) is 5.55. The molecule has 1 rings (SSSR count). The van der Waals surface area contributed by atoms with Gasteiger partial charge in [-0.2, -0.15) is 0 Å². The van der Waals surface area contributed by atoms with E-state index in [0.29, 0.717) is 6.54 Å². The van der Waals surface area contributed by atoms with Crippen molar-refractivity contribution in [2.45, 2.75) is 13.8 Å². The van der Waals surface area contributed by atoms with Crippen LogP contribution in [-0.4, -0.2) is 59.4 Å². The molecule has 0 saturated carbocycles. The van der Waals surface area contributed by atoms with Crippen molar-refractivity contribution in [2.24, 2.45) is 11.8 Å². The number of carbonyl (C=O) groups excluding carboxylic acids is 2. The topological polar surface area (TPSA) is 77.9 Å². The minimum absolute atomic E-state index is 0.00833. The molecule has 1 aliphatic heterocycles. The van der Waals surface area contributed by atoms with Crippen LogP contribution in [0.2, 0.25) is 0 Å². The number of rotatable bonds is 3. The first-order valence-electron chi connectivity index (χ1n) is 5.55. The van der Waals surface area contributed by atoms with E-state index in [9.17, 15) is 14.4 Å². The number of likely N-dealkylation sites (tertiary alicyclic amines) is 1. The summed E-state index contributed by atoms with van der Waals surface area (Å²) < 4.78 is 0. The zero-order chi connectivity index (χ0) is 13.2. The summed E-state index contributed by atoms with van der Waals surface area (Å²) in [6, 6.07) is 0. The molecule has 0 aromatic heterocycles. The third-order valence-electron chi connectivity index (χ3n) is 3.19. The van der Waals surface area contributed by atoms with Gasteiger partial charge in [-0.3, -0.25) is 14.4 Å². The normalized spacial score (nSPS) is 23.6. The average Bonchev–Trinajstić information content (AvgIpc) is 2.60. The van der Waals surface area contributed by atoms with E-state index < -0.39 is 11.9 Å². The summed E-state index contributed by atoms with van der Waals surface area (Å²) in [7, 11) is 1.55. The number of hydrogen-bond acceptors (Lipinski definition) is 3. The molecular weight excluding hydrogens is 224 g/mol. The van der Waals surface area contributed by atoms with Crippen molar-refractivity contribution in [2.75, 3.05) is 26.7 Å². The molecule has 1 aliphatic rings. The van der Waals surface area contributed by atoms with E-state index in [1.165, 1.54) is 16.7 Å². The van der Waals surface area contributed by atoms with Crippen molar-refractivity contribution in [1.29, 1.82) is 0 Å². The average molecular weight is 242 g/mol. The Bertz CT molecular complexity index is 342. The SMILES string of the molecule is CC(=O)N(C)CC(=O)N1CC(C)C(C(=O)O)C1. The summed E-state index contributed by atoms with van der Waals surface area (Å²) in [4.78, 5) is 36.6. The summed E-state index contributed by atoms with van der Waals surface area (Å²) in [5, 5.41) is 8.95. The number of carboxylic acid groups (broad SMARTS) is 1. The molecule has 6 heteroatoms. The number of nitrogens with zero attached hydrogens (tertiary/aromatic N) is 2. The van der Waals surface area contributed by atoms with Crippen LogP contribution in [0.25, 0.3) is 0 Å². The molecule has 0 aromatic carbocycles. The van der Waals surface area contributed by atoms with Gasteiger partial charge in [-0.05, 0) is 5.92 Å². The lowest BCUT2D eigenvalue weighted by molar-refractivity contribution is -0.143. The number of aliphatic carboxylic acids is 1. The molecule has 0 radical (unpaired) electrons. The first kappa shape index (κ1) is 13.5. The Balaban J connectivity index is 2.56. The minimum atomic E-state index is -0.868. The van der Waals surface area contributed by atoms with Gasteiger partial charge in [0.05, 0.1) is 12.5 Å². The fourth-order valence-electron chi connectivity index (χ4n) is 1.91. The maximum atomic E-state index is 11.8. The van der Waals surface area contributed by atoms with E-state index in [4.69, 9.17) is 5.11 Å². The van der Waals surface area contributed by atoms with Crippen LogP contribution < -0.4 is 0 Å². The highest BCUT2D eigenvalue weighted by atomic mass is 16.4. The van der Waals surface area contributed by atoms with Crippen LogP contribution in [0, 0.1) is 11.8 Å². The highest BCUT2D eigenvalue weighted by Crippen LogP contribution is 2.23. The first-order chi connectivity index (χ1) is 7.82. The molecule has 1 fully saturated rings. The van der Waals surface area contributed by atoms with E-state index in [1.54, 1.807) is 7.05 Å². The molecule has 1 saturated heterocycles. The van der Waals surface area contributed by atoms with Gasteiger partial charge in [0, 0.05) is 27.1 Å². The molecule has 2 amide bonds. The number of amides is 2. The lowest BCUT2D eigenvalue weighted by atomic mass is 9.99. The Morgan fingerprint density at radius 2 is 1.94 bits per heavy atom. The fraction of sp³-hybridized carbons (Fsp3) is 0.727. The second kappa shape index (κ2) is 5.16. The van der Waals surface area contributed by atoms with E-state index in [1.807, 2.05) is 6.92 Å². The quantitative estimate of drug-likeness (QED) is 0.733. The van der Waals surface area contributed by atoms with Gasteiger partial charge in [0.2, 0.25) is 11.8 Å². The van der Waals surface area contributed by atoms with Crippen LogP contribution in [-0.2, 0) is 14.4 Å². The van der Waals surface area contributed by atoms with Crippen LogP contribution in [0.1, 0.15) is 13.8 Å². The third kappa shape index (κ3) is 3.18. The molecule has 1 heterocycles. The Morgan fingerprint density at radius 3 is 2.35 bits per heavy atom. The monoisotopic (exact) mass is 242 g/mol. The van der Waals surface area contributed by atoms with Crippen molar-refractivity contribution in [3.8, 4) is 0 Å². The highest BCUT2D eigenvalue weighted by molar-refractivity contribution is 5.84. The third-order valence-corrected chi connectivity index (χ3v) is 3.19. The summed E-state index contributed by atoms with van der Waals surface area (Å²) >= 11 is 0. The maximum Gasteiger partial charge on any atom is 0.308 e. The molecule has 0 bridgehead atoms. The lowest BCUT2D eigenvalue weighted by Gasteiger charge is -2.20. The maximum absolute atomic E-state index is 11.8. The second-order valence-electron chi connectivity index (χ2n) is 4.60. The van der Waals surface area contributed by atoms with Crippen LogP contribution in [0.3, 0.4) is 0 Å². The molecule has 96 valence electrons. The zero-order valence-corrected chi connectivity index (χ0v) is 10.3. The van der Waals surface area contributed by atoms with E-state index in [-0.39, 0.29) is 30.8 Å². The number of carbonyl (C=O) groups is 3. The number of hydrogen-bond donors (Lipinski definition) is 1. The second-order valence-corrected chi connectivity index (χ2v) is 4.60. The van der Waals surface area contributed by atoms with Crippen LogP contribution in [0.4, 0.5) is 0 Å². The molecule has 0 aromatic rings. The summed E-state index contributed by atoms with van der Waals surface area (Å²) in [5.74, 6) is -1.79. The van der Waals surface area contributed by atoms with Gasteiger partial charge in [0.15, 0.2) is 0 Å². The number of carboxylic acids is 1. The van der Waals surface area contributed by atoms with Gasteiger partial charge in [-0.15, -0.1) is 0 Å². The molecule has 0 aliphatic carbocycles. The highest BCUT2D eigenvalue weighted by Gasteiger charge is 2.37. The molecule has 6 nitrogen and oxygen atoms in total. The minimum Gasteiger partial charge on any atom is -0.481 e. The lowest BCUT2D eigenvalue weighted by Crippen LogP contribution is -2.39. The van der Waals surface area contributed by atoms with Crippen molar-refractivity contribution in [3.63, 3.8) is 0 Å². The van der Waals surface area contributed by atoms with Crippen molar-refractivity contribution in [1.82, 2.24) is 9.80 Å². The summed E-state index contributed by atoms with van der Waals surface area (Å²) in [5.41, 5.74) is 0. The Hall–Kier alpha value is -1.59. The Kier molecular flexibility index (Phi) is 4.09. The van der Waals surface area contributed by atoms with Crippen molar-refractivity contribution < 1.29 is 19.5 Å². The van der Waals surface area contributed by atoms with E-state index in [0.717, 1.165) is 0 Å². The van der Waals surface area contributed by atoms with Gasteiger partial charge in [-0.25, -0.2) is 0 Å². The smallest absolute Gasteiger partial charge is 0.308 e. The van der Waals surface area contributed by atoms with Gasteiger partial charge >= 0.3 is 5.97 Å². The summed E-state index contributed by atoms with van der Waals surface area (Å²) in [6.07, 6.45) is 0. The van der Waals surface area contributed by atoms with Gasteiger partial charge in [0.25, 0.3) is 0 Å². The molecule has 17 heavy (non-hydrogen) atoms.